The van der Waals surface area contributed by atoms with Gasteiger partial charge in [0.2, 0.25) is 0 Å². The maximum absolute atomic E-state index is 12.3. The van der Waals surface area contributed by atoms with Gasteiger partial charge in [-0.15, -0.1) is 0 Å². The third kappa shape index (κ3) is 5.06. The Morgan fingerprint density at radius 3 is 2.62 bits per heavy atom. The highest BCUT2D eigenvalue weighted by Gasteiger charge is 2.08. The maximum Gasteiger partial charge on any atom is 0.255 e. The minimum atomic E-state index is -0.182. The van der Waals surface area contributed by atoms with E-state index in [4.69, 9.17) is 15.6 Å². The molecule has 0 aliphatic carbocycles. The first-order valence-electron chi connectivity index (χ1n) is 7.75. The van der Waals surface area contributed by atoms with Crippen LogP contribution in [0.5, 0.6) is 5.75 Å². The number of carbonyl (C=O) groups is 1. The Morgan fingerprint density at radius 2 is 2.00 bits per heavy atom. The van der Waals surface area contributed by atoms with Crippen molar-refractivity contribution < 1.29 is 14.6 Å². The standard InChI is InChI=1S/C18H23N3O3/c1-24-17-7-5-14(6-8-17)18(23)21-15-4-2-3-13(9-15)11-20-16(10-19)12-22/h2-9,16,20,22H,10-12,19H2,1H3,(H,21,23)/t16-/m1/s1. The predicted octanol–water partition coefficient (Wildman–Crippen LogP) is 1.36. The van der Waals surface area contributed by atoms with Gasteiger partial charge in [0.25, 0.3) is 5.91 Å². The van der Waals surface area contributed by atoms with Crippen LogP contribution in [0.3, 0.4) is 0 Å². The van der Waals surface area contributed by atoms with Crippen molar-refractivity contribution in [2.45, 2.75) is 12.6 Å². The van der Waals surface area contributed by atoms with Gasteiger partial charge in [0.1, 0.15) is 5.75 Å². The lowest BCUT2D eigenvalue weighted by molar-refractivity contribution is 0.102. The molecule has 6 nitrogen and oxygen atoms in total. The quantitative estimate of drug-likeness (QED) is 0.586. The fourth-order valence-electron chi connectivity index (χ4n) is 2.19. The van der Waals surface area contributed by atoms with Crippen LogP contribution in [0, 0.1) is 0 Å². The first-order chi connectivity index (χ1) is 11.7. The van der Waals surface area contributed by atoms with E-state index in [2.05, 4.69) is 10.6 Å². The molecule has 0 fully saturated rings. The van der Waals surface area contributed by atoms with Crippen molar-refractivity contribution in [2.24, 2.45) is 5.73 Å². The van der Waals surface area contributed by atoms with Crippen LogP contribution in [0.15, 0.2) is 48.5 Å². The van der Waals surface area contributed by atoms with Crippen LogP contribution in [0.1, 0.15) is 15.9 Å². The summed E-state index contributed by atoms with van der Waals surface area (Å²) in [5.41, 5.74) is 7.80. The third-order valence-electron chi connectivity index (χ3n) is 3.64. The molecule has 2 aromatic carbocycles. The number of nitrogens with one attached hydrogen (secondary N) is 2. The van der Waals surface area contributed by atoms with Crippen LogP contribution in [-0.2, 0) is 6.54 Å². The van der Waals surface area contributed by atoms with Crippen molar-refractivity contribution in [3.63, 3.8) is 0 Å². The van der Waals surface area contributed by atoms with E-state index in [0.29, 0.717) is 30.1 Å². The second-order valence-electron chi connectivity index (χ2n) is 5.38. The molecule has 0 bridgehead atoms. The van der Waals surface area contributed by atoms with E-state index in [1.165, 1.54) is 0 Å². The Bertz CT molecular complexity index is 655. The van der Waals surface area contributed by atoms with Gasteiger partial charge in [0.15, 0.2) is 0 Å². The number of amides is 1. The Hall–Kier alpha value is -2.41. The summed E-state index contributed by atoms with van der Waals surface area (Å²) in [4.78, 5) is 12.3. The Kier molecular flexibility index (Phi) is 6.74. The molecule has 1 atom stereocenters. The molecule has 1 amide bonds. The molecule has 5 N–H and O–H groups in total. The zero-order chi connectivity index (χ0) is 17.4. The predicted molar refractivity (Wildman–Crippen MR) is 94.2 cm³/mol. The van der Waals surface area contributed by atoms with Gasteiger partial charge < -0.3 is 26.2 Å². The van der Waals surface area contributed by atoms with Crippen molar-refractivity contribution >= 4 is 11.6 Å². The van der Waals surface area contributed by atoms with E-state index in [-0.39, 0.29) is 18.6 Å². The van der Waals surface area contributed by atoms with Gasteiger partial charge in [-0.05, 0) is 42.0 Å². The van der Waals surface area contributed by atoms with Gasteiger partial charge in [-0.2, -0.15) is 0 Å². The zero-order valence-corrected chi connectivity index (χ0v) is 13.7. The van der Waals surface area contributed by atoms with Crippen LogP contribution in [-0.4, -0.2) is 37.3 Å². The number of carbonyl (C=O) groups excluding carboxylic acids is 1. The molecule has 0 saturated heterocycles. The van der Waals surface area contributed by atoms with Crippen LogP contribution < -0.4 is 21.1 Å². The molecule has 6 heteroatoms. The summed E-state index contributed by atoms with van der Waals surface area (Å²) in [6.45, 7) is 0.920. The van der Waals surface area contributed by atoms with Crippen LogP contribution in [0.4, 0.5) is 5.69 Å². The zero-order valence-electron chi connectivity index (χ0n) is 13.7. The van der Waals surface area contributed by atoms with Crippen molar-refractivity contribution in [1.82, 2.24) is 5.32 Å². The molecule has 0 aliphatic heterocycles. The van der Waals surface area contributed by atoms with Crippen LogP contribution >= 0.6 is 0 Å². The highest BCUT2D eigenvalue weighted by Crippen LogP contribution is 2.15. The molecule has 0 aliphatic rings. The fourth-order valence-corrected chi connectivity index (χ4v) is 2.19. The monoisotopic (exact) mass is 329 g/mol. The molecule has 0 saturated carbocycles. The molecule has 128 valence electrons. The van der Waals surface area contributed by atoms with E-state index >= 15 is 0 Å². The molecule has 0 unspecified atom stereocenters. The van der Waals surface area contributed by atoms with Crippen LogP contribution in [0.2, 0.25) is 0 Å². The van der Waals surface area contributed by atoms with Gasteiger partial charge in [-0.25, -0.2) is 0 Å². The molecule has 0 radical (unpaired) electrons. The highest BCUT2D eigenvalue weighted by atomic mass is 16.5. The van der Waals surface area contributed by atoms with E-state index < -0.39 is 0 Å². The van der Waals surface area contributed by atoms with E-state index in [1.54, 1.807) is 31.4 Å². The topological polar surface area (TPSA) is 96.6 Å². The number of benzene rings is 2. The normalized spacial score (nSPS) is 11.8. The number of hydrogen-bond donors (Lipinski definition) is 4. The summed E-state index contributed by atoms with van der Waals surface area (Å²) < 4.78 is 5.08. The number of hydrogen-bond acceptors (Lipinski definition) is 5. The summed E-state index contributed by atoms with van der Waals surface area (Å²) in [7, 11) is 1.58. The molecule has 24 heavy (non-hydrogen) atoms. The minimum absolute atomic E-state index is 0.00953. The van der Waals surface area contributed by atoms with Crippen LogP contribution in [0.25, 0.3) is 0 Å². The second-order valence-corrected chi connectivity index (χ2v) is 5.38. The lowest BCUT2D eigenvalue weighted by Gasteiger charge is -2.14. The van der Waals surface area contributed by atoms with E-state index in [1.807, 2.05) is 24.3 Å². The lowest BCUT2D eigenvalue weighted by atomic mass is 10.1. The molecule has 2 aromatic rings. The average molecular weight is 329 g/mol. The lowest BCUT2D eigenvalue weighted by Crippen LogP contribution is -2.38. The number of aliphatic hydroxyl groups excluding tert-OH is 1. The highest BCUT2D eigenvalue weighted by molar-refractivity contribution is 6.04. The number of anilines is 1. The fraction of sp³-hybridized carbons (Fsp3) is 0.278. The van der Waals surface area contributed by atoms with Crippen molar-refractivity contribution in [3.8, 4) is 5.75 Å². The van der Waals surface area contributed by atoms with Crippen molar-refractivity contribution in [1.29, 1.82) is 0 Å². The first kappa shape index (κ1) is 17.9. The number of methoxy groups -OCH3 is 1. The SMILES string of the molecule is COc1ccc(C(=O)Nc2cccc(CN[C@H](CN)CO)c2)cc1. The summed E-state index contributed by atoms with van der Waals surface area (Å²) in [5.74, 6) is 0.524. The van der Waals surface area contributed by atoms with Gasteiger partial charge in [0.05, 0.1) is 13.7 Å². The smallest absolute Gasteiger partial charge is 0.255 e. The number of rotatable bonds is 8. The molecule has 0 spiro atoms. The Morgan fingerprint density at radius 1 is 1.25 bits per heavy atom. The third-order valence-corrected chi connectivity index (χ3v) is 3.64. The second kappa shape index (κ2) is 9.02. The van der Waals surface area contributed by atoms with Gasteiger partial charge >= 0.3 is 0 Å². The maximum atomic E-state index is 12.3. The molecular weight excluding hydrogens is 306 g/mol. The summed E-state index contributed by atoms with van der Waals surface area (Å²) in [6.07, 6.45) is 0. The number of aliphatic hydroxyl groups is 1. The first-order valence-corrected chi connectivity index (χ1v) is 7.75. The number of ether oxygens (including phenoxy) is 1. The van der Waals surface area contributed by atoms with E-state index in [0.717, 1.165) is 5.56 Å². The van der Waals surface area contributed by atoms with Crippen molar-refractivity contribution in [2.75, 3.05) is 25.6 Å². The van der Waals surface area contributed by atoms with Gasteiger partial charge in [-0.1, -0.05) is 12.1 Å². The number of nitrogens with two attached hydrogens (primary N) is 1. The van der Waals surface area contributed by atoms with Gasteiger partial charge in [-0.3, -0.25) is 4.79 Å². The molecular formula is C18H23N3O3. The molecule has 2 rings (SSSR count). The summed E-state index contributed by atoms with van der Waals surface area (Å²) in [6, 6.07) is 14.3. The molecule has 0 aromatic heterocycles. The average Bonchev–Trinajstić information content (AvgIpc) is 2.63. The minimum Gasteiger partial charge on any atom is -0.497 e. The van der Waals surface area contributed by atoms with Crippen molar-refractivity contribution in [3.05, 3.63) is 59.7 Å². The summed E-state index contributed by atoms with van der Waals surface area (Å²) in [5, 5.41) is 15.2. The van der Waals surface area contributed by atoms with Gasteiger partial charge in [0, 0.05) is 30.4 Å². The summed E-state index contributed by atoms with van der Waals surface area (Å²) >= 11 is 0. The Balaban J connectivity index is 1.98. The van der Waals surface area contributed by atoms with E-state index in [9.17, 15) is 4.79 Å². The molecule has 0 heterocycles. The largest absolute Gasteiger partial charge is 0.497 e. The Labute approximate surface area is 141 Å².